The summed E-state index contributed by atoms with van der Waals surface area (Å²) in [5, 5.41) is 2.81. The molecule has 2 rings (SSSR count). The highest BCUT2D eigenvalue weighted by Crippen LogP contribution is 2.27. The molecule has 1 aromatic carbocycles. The number of carbonyl (C=O) groups excluding carboxylic acids is 1. The van der Waals surface area contributed by atoms with Gasteiger partial charge in [0.2, 0.25) is 5.91 Å². The second-order valence-electron chi connectivity index (χ2n) is 6.13. The maximum Gasteiger partial charge on any atom is 0.234 e. The highest BCUT2D eigenvalue weighted by Gasteiger charge is 2.32. The number of nitrogens with two attached hydrogens (primary N) is 1. The molecule has 7 heteroatoms. The average Bonchev–Trinajstić information content (AvgIpc) is 2.86. The zero-order valence-corrected chi connectivity index (χ0v) is 14.2. The Hall–Kier alpha value is -1.37. The first kappa shape index (κ1) is 19.7. The number of amides is 1. The second-order valence-corrected chi connectivity index (χ2v) is 6.13. The highest BCUT2D eigenvalue weighted by atomic mass is 35.5. The van der Waals surface area contributed by atoms with Crippen molar-refractivity contribution >= 4 is 18.3 Å². The first-order chi connectivity index (χ1) is 10.5. The third kappa shape index (κ3) is 6.33. The van der Waals surface area contributed by atoms with Gasteiger partial charge >= 0.3 is 0 Å². The Kier molecular flexibility index (Phi) is 7.75. The van der Waals surface area contributed by atoms with Gasteiger partial charge < -0.3 is 15.8 Å². The summed E-state index contributed by atoms with van der Waals surface area (Å²) in [5.41, 5.74) is 5.88. The Morgan fingerprint density at radius 2 is 2.30 bits per heavy atom. The molecule has 1 amide bonds. The first-order valence-corrected chi connectivity index (χ1v) is 7.58. The van der Waals surface area contributed by atoms with Gasteiger partial charge in [-0.15, -0.1) is 12.4 Å². The van der Waals surface area contributed by atoms with Crippen molar-refractivity contribution in [2.45, 2.75) is 13.3 Å². The molecule has 0 aromatic heterocycles. The number of hydrogen-bond acceptors (Lipinski definition) is 4. The van der Waals surface area contributed by atoms with E-state index in [1.807, 2.05) is 0 Å². The Morgan fingerprint density at radius 3 is 2.96 bits per heavy atom. The monoisotopic (exact) mass is 345 g/mol. The van der Waals surface area contributed by atoms with E-state index < -0.39 is 0 Å². The number of benzene rings is 1. The van der Waals surface area contributed by atoms with Crippen LogP contribution in [0, 0.1) is 11.2 Å². The fourth-order valence-electron chi connectivity index (χ4n) is 2.60. The average molecular weight is 346 g/mol. The third-order valence-corrected chi connectivity index (χ3v) is 3.99. The fraction of sp³-hybridized carbons (Fsp3) is 0.562. The lowest BCUT2D eigenvalue weighted by molar-refractivity contribution is -0.122. The molecule has 1 aliphatic heterocycles. The van der Waals surface area contributed by atoms with Crippen LogP contribution in [0.5, 0.6) is 5.75 Å². The molecule has 5 nitrogen and oxygen atoms in total. The van der Waals surface area contributed by atoms with Gasteiger partial charge in [-0.1, -0.05) is 13.0 Å². The van der Waals surface area contributed by atoms with Crippen LogP contribution in [-0.4, -0.2) is 50.1 Å². The van der Waals surface area contributed by atoms with E-state index in [2.05, 4.69) is 17.1 Å². The molecule has 3 N–H and O–H groups in total. The second kappa shape index (κ2) is 9.05. The molecule has 1 unspecified atom stereocenters. The van der Waals surface area contributed by atoms with Gasteiger partial charge in [-0.05, 0) is 37.1 Å². The van der Waals surface area contributed by atoms with Crippen molar-refractivity contribution in [2.24, 2.45) is 11.1 Å². The number of rotatable bonds is 7. The summed E-state index contributed by atoms with van der Waals surface area (Å²) in [6.07, 6.45) is 1.03. The largest absolute Gasteiger partial charge is 0.492 e. The highest BCUT2D eigenvalue weighted by molar-refractivity contribution is 5.85. The first-order valence-electron chi connectivity index (χ1n) is 7.58. The van der Waals surface area contributed by atoms with Crippen molar-refractivity contribution in [3.63, 3.8) is 0 Å². The molecule has 0 saturated carbocycles. The van der Waals surface area contributed by atoms with E-state index in [1.54, 1.807) is 12.1 Å². The van der Waals surface area contributed by atoms with Crippen LogP contribution < -0.4 is 15.8 Å². The Balaban J connectivity index is 0.00000264. The van der Waals surface area contributed by atoms with Crippen LogP contribution in [0.15, 0.2) is 24.3 Å². The number of ether oxygens (including phenoxy) is 1. The van der Waals surface area contributed by atoms with Crippen LogP contribution in [0.2, 0.25) is 0 Å². The van der Waals surface area contributed by atoms with Crippen LogP contribution in [0.1, 0.15) is 13.3 Å². The summed E-state index contributed by atoms with van der Waals surface area (Å²) >= 11 is 0. The number of hydrogen-bond donors (Lipinski definition) is 2. The Labute approximate surface area is 142 Å². The third-order valence-electron chi connectivity index (χ3n) is 3.99. The standard InChI is InChI=1S/C16H24FN3O2.ClH/c1-16(11-18)5-7-20(12-16)10-15(21)19-6-8-22-14-4-2-3-13(17)9-14;/h2-4,9H,5-8,10-12,18H2,1H3,(H,19,21);1H. The molecule has 1 atom stereocenters. The maximum absolute atomic E-state index is 13.0. The molecule has 0 bridgehead atoms. The van der Waals surface area contributed by atoms with Gasteiger partial charge in [0.1, 0.15) is 18.2 Å². The molecular formula is C16H25ClFN3O2. The number of likely N-dealkylation sites (tertiary alicyclic amines) is 1. The van der Waals surface area contributed by atoms with Gasteiger partial charge in [-0.25, -0.2) is 4.39 Å². The van der Waals surface area contributed by atoms with E-state index in [0.717, 1.165) is 19.5 Å². The minimum atomic E-state index is -0.335. The Bertz CT molecular complexity index is 518. The smallest absolute Gasteiger partial charge is 0.234 e. The zero-order chi connectivity index (χ0) is 16.0. The van der Waals surface area contributed by atoms with Crippen LogP contribution in [0.4, 0.5) is 4.39 Å². The van der Waals surface area contributed by atoms with Gasteiger partial charge in [0, 0.05) is 12.6 Å². The molecule has 1 heterocycles. The molecule has 0 radical (unpaired) electrons. The predicted molar refractivity (Wildman–Crippen MR) is 90.4 cm³/mol. The van der Waals surface area contributed by atoms with Gasteiger partial charge in [0.25, 0.3) is 0 Å². The summed E-state index contributed by atoms with van der Waals surface area (Å²) in [6.45, 7) is 5.66. The molecule has 1 fully saturated rings. The van der Waals surface area contributed by atoms with Gasteiger partial charge in [-0.3, -0.25) is 9.69 Å². The van der Waals surface area contributed by atoms with Crippen LogP contribution in [-0.2, 0) is 4.79 Å². The lowest BCUT2D eigenvalue weighted by atomic mass is 9.90. The van der Waals surface area contributed by atoms with Crippen molar-refractivity contribution in [2.75, 3.05) is 39.3 Å². The van der Waals surface area contributed by atoms with Crippen LogP contribution in [0.3, 0.4) is 0 Å². The molecule has 1 aliphatic rings. The minimum absolute atomic E-state index is 0. The van der Waals surface area contributed by atoms with E-state index >= 15 is 0 Å². The van der Waals surface area contributed by atoms with Gasteiger partial charge in [-0.2, -0.15) is 0 Å². The minimum Gasteiger partial charge on any atom is -0.492 e. The normalized spacial score (nSPS) is 20.8. The van der Waals surface area contributed by atoms with E-state index in [1.165, 1.54) is 12.1 Å². The zero-order valence-electron chi connectivity index (χ0n) is 13.4. The summed E-state index contributed by atoms with van der Waals surface area (Å²) in [7, 11) is 0. The van der Waals surface area contributed by atoms with Crippen molar-refractivity contribution in [3.8, 4) is 5.75 Å². The van der Waals surface area contributed by atoms with Crippen molar-refractivity contribution < 1.29 is 13.9 Å². The van der Waals surface area contributed by atoms with E-state index in [9.17, 15) is 9.18 Å². The predicted octanol–water partition coefficient (Wildman–Crippen LogP) is 1.41. The maximum atomic E-state index is 13.0. The molecule has 0 aliphatic carbocycles. The Morgan fingerprint density at radius 1 is 1.52 bits per heavy atom. The molecule has 1 saturated heterocycles. The van der Waals surface area contributed by atoms with Crippen molar-refractivity contribution in [1.82, 2.24) is 10.2 Å². The van der Waals surface area contributed by atoms with Crippen LogP contribution in [0.25, 0.3) is 0 Å². The van der Waals surface area contributed by atoms with E-state index in [-0.39, 0.29) is 29.5 Å². The summed E-state index contributed by atoms with van der Waals surface area (Å²) < 4.78 is 18.3. The quantitative estimate of drug-likeness (QED) is 0.733. The van der Waals surface area contributed by atoms with Crippen molar-refractivity contribution in [3.05, 3.63) is 30.1 Å². The molecule has 130 valence electrons. The topological polar surface area (TPSA) is 67.6 Å². The van der Waals surface area contributed by atoms with Crippen LogP contribution >= 0.6 is 12.4 Å². The fourth-order valence-corrected chi connectivity index (χ4v) is 2.60. The number of carbonyl (C=O) groups is 1. The SMILES string of the molecule is CC1(CN)CCN(CC(=O)NCCOc2cccc(F)c2)C1.Cl. The van der Waals surface area contributed by atoms with E-state index in [4.69, 9.17) is 10.5 Å². The van der Waals surface area contributed by atoms with Gasteiger partial charge in [0.15, 0.2) is 0 Å². The number of halogens is 2. The lowest BCUT2D eigenvalue weighted by Gasteiger charge is -2.22. The van der Waals surface area contributed by atoms with E-state index in [0.29, 0.717) is 32.0 Å². The summed E-state index contributed by atoms with van der Waals surface area (Å²) in [4.78, 5) is 14.0. The number of nitrogens with one attached hydrogen (secondary N) is 1. The molecule has 23 heavy (non-hydrogen) atoms. The number of nitrogens with zero attached hydrogens (tertiary/aromatic N) is 1. The molecule has 1 aromatic rings. The van der Waals surface area contributed by atoms with Gasteiger partial charge in [0.05, 0.1) is 13.1 Å². The molecular weight excluding hydrogens is 321 g/mol. The summed E-state index contributed by atoms with van der Waals surface area (Å²) in [5.74, 6) is 0.107. The molecule has 0 spiro atoms. The lowest BCUT2D eigenvalue weighted by Crippen LogP contribution is -2.39. The van der Waals surface area contributed by atoms with Crippen molar-refractivity contribution in [1.29, 1.82) is 0 Å². The summed E-state index contributed by atoms with van der Waals surface area (Å²) in [6, 6.07) is 5.95.